The van der Waals surface area contributed by atoms with Gasteiger partial charge in [-0.15, -0.1) is 0 Å². The number of aromatic hydroxyl groups is 1. The lowest BCUT2D eigenvalue weighted by atomic mass is 9.86. The van der Waals surface area contributed by atoms with Crippen molar-refractivity contribution in [1.82, 2.24) is 14.5 Å². The maximum absolute atomic E-state index is 11.4. The Balaban J connectivity index is 1.33. The first kappa shape index (κ1) is 25.2. The van der Waals surface area contributed by atoms with Crippen LogP contribution in [-0.2, 0) is 5.41 Å². The lowest BCUT2D eigenvalue weighted by Gasteiger charge is -2.20. The molecule has 0 spiro atoms. The molecule has 0 fully saturated rings. The lowest BCUT2D eigenvalue weighted by Crippen LogP contribution is -2.10. The third kappa shape index (κ3) is 6.91. The van der Waals surface area contributed by atoms with E-state index in [1.54, 1.807) is 54.6 Å². The van der Waals surface area contributed by atoms with E-state index >= 15 is 0 Å². The molecule has 0 unspecified atom stereocenters. The van der Waals surface area contributed by atoms with Gasteiger partial charge < -0.3 is 5.11 Å². The Bertz CT molecular complexity index is 3440. The summed E-state index contributed by atoms with van der Waals surface area (Å²) in [7, 11) is 0. The van der Waals surface area contributed by atoms with Crippen LogP contribution in [0.1, 0.15) is 47.0 Å². The highest BCUT2D eigenvalue weighted by Gasteiger charge is 2.23. The molecule has 2 aromatic heterocycles. The minimum Gasteiger partial charge on any atom is -0.507 e. The third-order valence-corrected chi connectivity index (χ3v) is 10.1. The Morgan fingerprint density at radius 2 is 1.33 bits per heavy atom. The number of hydrogen-bond acceptors (Lipinski definition) is 3. The molecule has 0 atom stereocenters. The van der Waals surface area contributed by atoms with E-state index in [4.69, 9.17) is 18.7 Å². The molecule has 276 valence electrons. The van der Waals surface area contributed by atoms with E-state index in [0.29, 0.717) is 55.9 Å². The molecule has 9 aromatic rings. The first-order valence-electron chi connectivity index (χ1n) is 24.1. The van der Waals surface area contributed by atoms with E-state index in [1.807, 2.05) is 83.4 Å². The largest absolute Gasteiger partial charge is 0.507 e. The maximum atomic E-state index is 11.4. The first-order valence-corrected chi connectivity index (χ1v) is 18.6. The Labute approximate surface area is 349 Å². The van der Waals surface area contributed by atoms with Gasteiger partial charge in [-0.05, 0) is 112 Å². The molecular weight excluding hydrogens is 695 g/mol. The van der Waals surface area contributed by atoms with Crippen LogP contribution in [-0.4, -0.2) is 19.6 Å². The quantitative estimate of drug-likeness (QED) is 0.177. The summed E-state index contributed by atoms with van der Waals surface area (Å²) in [6.45, 7) is 3.97. The summed E-state index contributed by atoms with van der Waals surface area (Å²) >= 11 is 0. The van der Waals surface area contributed by atoms with Crippen LogP contribution in [0.15, 0.2) is 182 Å². The van der Waals surface area contributed by atoms with Gasteiger partial charge >= 0.3 is 0 Å². The number of para-hydroxylation sites is 2. The molecular formula is C53H43N3O. The van der Waals surface area contributed by atoms with Gasteiger partial charge in [0.25, 0.3) is 0 Å². The Morgan fingerprint density at radius 3 is 2.11 bits per heavy atom. The number of aromatic nitrogens is 3. The van der Waals surface area contributed by atoms with Gasteiger partial charge in [0.15, 0.2) is 0 Å². The highest BCUT2D eigenvalue weighted by molar-refractivity contribution is 5.98. The van der Waals surface area contributed by atoms with Gasteiger partial charge in [0.05, 0.1) is 38.9 Å². The van der Waals surface area contributed by atoms with Crippen LogP contribution >= 0.6 is 0 Å². The number of phenols is 1. The molecule has 0 aliphatic heterocycles. The predicted octanol–water partition coefficient (Wildman–Crippen LogP) is 13.7. The summed E-state index contributed by atoms with van der Waals surface area (Å²) in [4.78, 5) is 9.71. The molecule has 4 heteroatoms. The van der Waals surface area contributed by atoms with E-state index in [0.717, 1.165) is 16.7 Å². The van der Waals surface area contributed by atoms with Crippen molar-refractivity contribution in [3.05, 3.63) is 193 Å². The number of pyridine rings is 1. The van der Waals surface area contributed by atoms with Gasteiger partial charge in [-0.1, -0.05) is 141 Å². The van der Waals surface area contributed by atoms with Crippen LogP contribution in [0.2, 0.25) is 0 Å². The summed E-state index contributed by atoms with van der Waals surface area (Å²) in [5, 5.41) is 11.4. The number of rotatable bonds is 7. The van der Waals surface area contributed by atoms with Crippen molar-refractivity contribution >= 4 is 11.0 Å². The van der Waals surface area contributed by atoms with Crippen molar-refractivity contribution in [2.45, 2.75) is 33.0 Å². The summed E-state index contributed by atoms with van der Waals surface area (Å²) in [5.41, 5.74) is 7.07. The summed E-state index contributed by atoms with van der Waals surface area (Å²) < 4.78 is 96.3. The molecule has 0 aliphatic carbocycles. The average Bonchev–Trinajstić information content (AvgIpc) is 3.71. The normalized spacial score (nSPS) is 14.5. The van der Waals surface area contributed by atoms with Crippen molar-refractivity contribution in [3.63, 3.8) is 0 Å². The van der Waals surface area contributed by atoms with Gasteiger partial charge in [-0.2, -0.15) is 0 Å². The monoisotopic (exact) mass is 748 g/mol. The number of phenolic OH excluding ortho intramolecular Hbond substituents is 1. The highest BCUT2D eigenvalue weighted by Crippen LogP contribution is 2.42. The number of hydrogen-bond donors (Lipinski definition) is 1. The molecule has 9 rings (SSSR count). The molecule has 0 saturated heterocycles. The zero-order valence-electron chi connectivity index (χ0n) is 42.5. The standard InChI is InChI=1S/C53H43N3O/c1-35-22-27-48(46(30-35)38-23-25-43(26-24-38)53(2,3)4)56-49-20-13-19-44(51(49)55-52(56)45-18-11-12-21-50(45)57)41-31-40(37-16-9-6-10-17-37)32-42(33-41)47-34-39(28-29-54-47)36-14-7-5-8-15-36/h5-34,57H,1-4H3/i1D3,5D,7D,8D,14D,15D,28D,29D,34D. The fourth-order valence-corrected chi connectivity index (χ4v) is 7.20. The van der Waals surface area contributed by atoms with Crippen molar-refractivity contribution < 1.29 is 20.2 Å². The zero-order chi connectivity index (χ0) is 48.6. The zero-order valence-corrected chi connectivity index (χ0v) is 31.5. The second kappa shape index (κ2) is 14.6. The number of imidazole rings is 1. The second-order valence-corrected chi connectivity index (χ2v) is 14.9. The van der Waals surface area contributed by atoms with Crippen molar-refractivity contribution in [3.8, 4) is 78.6 Å². The average molecular weight is 749 g/mol. The van der Waals surface area contributed by atoms with Gasteiger partial charge in [-0.3, -0.25) is 9.55 Å². The molecule has 7 aromatic carbocycles. The van der Waals surface area contributed by atoms with Crippen molar-refractivity contribution in [1.29, 1.82) is 0 Å². The number of aryl methyl sites for hydroxylation is 1. The van der Waals surface area contributed by atoms with E-state index < -0.39 is 55.3 Å². The van der Waals surface area contributed by atoms with E-state index in [2.05, 4.69) is 25.8 Å². The first-order chi connectivity index (χ1) is 32.2. The van der Waals surface area contributed by atoms with Crippen LogP contribution in [0.4, 0.5) is 0 Å². The molecule has 1 N–H and O–H groups in total. The summed E-state index contributed by atoms with van der Waals surface area (Å²) in [5.74, 6) is 0.351. The summed E-state index contributed by atoms with van der Waals surface area (Å²) in [6.07, 6.45) is -0.550. The maximum Gasteiger partial charge on any atom is 0.149 e. The molecule has 4 nitrogen and oxygen atoms in total. The lowest BCUT2D eigenvalue weighted by molar-refractivity contribution is 0.477. The van der Waals surface area contributed by atoms with Crippen molar-refractivity contribution in [2.24, 2.45) is 0 Å². The Morgan fingerprint density at radius 1 is 0.596 bits per heavy atom. The van der Waals surface area contributed by atoms with E-state index in [9.17, 15) is 6.48 Å². The molecule has 0 aliphatic rings. The Kier molecular flexibility index (Phi) is 6.43. The molecule has 0 saturated carbocycles. The minimum absolute atomic E-state index is 0.0258. The summed E-state index contributed by atoms with van der Waals surface area (Å²) in [6, 6.07) is 36.6. The van der Waals surface area contributed by atoms with Crippen LogP contribution in [0, 0.1) is 6.85 Å². The smallest absolute Gasteiger partial charge is 0.149 e. The molecule has 57 heavy (non-hydrogen) atoms. The van der Waals surface area contributed by atoms with Gasteiger partial charge in [-0.25, -0.2) is 4.98 Å². The van der Waals surface area contributed by atoms with Crippen LogP contribution in [0.3, 0.4) is 0 Å². The van der Waals surface area contributed by atoms with Crippen molar-refractivity contribution in [2.75, 3.05) is 0 Å². The fourth-order valence-electron chi connectivity index (χ4n) is 7.20. The minimum atomic E-state index is -2.41. The number of nitrogens with zero attached hydrogens (tertiary/aromatic N) is 3. The van der Waals surface area contributed by atoms with Gasteiger partial charge in [0.1, 0.15) is 11.6 Å². The van der Waals surface area contributed by atoms with E-state index in [-0.39, 0.29) is 33.5 Å². The van der Waals surface area contributed by atoms with Gasteiger partial charge in [0.2, 0.25) is 0 Å². The highest BCUT2D eigenvalue weighted by atomic mass is 16.3. The second-order valence-electron chi connectivity index (χ2n) is 14.9. The number of benzene rings is 7. The van der Waals surface area contributed by atoms with Crippen LogP contribution in [0.25, 0.3) is 83.9 Å². The topological polar surface area (TPSA) is 50.9 Å². The van der Waals surface area contributed by atoms with E-state index in [1.165, 1.54) is 0 Å². The molecule has 0 radical (unpaired) electrons. The fraction of sp³-hybridized carbons (Fsp3) is 0.0943. The molecule has 2 heterocycles. The van der Waals surface area contributed by atoms with Crippen LogP contribution in [0.5, 0.6) is 5.75 Å². The number of fused-ring (bicyclic) bond motifs is 1. The molecule has 0 bridgehead atoms. The van der Waals surface area contributed by atoms with Gasteiger partial charge in [0, 0.05) is 27.0 Å². The third-order valence-electron chi connectivity index (χ3n) is 10.1. The van der Waals surface area contributed by atoms with Crippen LogP contribution < -0.4 is 0 Å². The Hall–Kier alpha value is -7.04. The SMILES string of the molecule is [2H]c1nc(-c2cc(-c3ccccc3)cc(-c3cccc4c3nc(-c3ccccc3O)n4-c3ccc(C([2H])([2H])[2H])cc3-c3ccc(C(C)(C)C)cc3)c2)c([2H])c(-c2c([2H])c([2H])c([2H])c([2H])c2[2H])c1[2H]. The molecule has 0 amide bonds. The predicted molar refractivity (Wildman–Crippen MR) is 237 cm³/mol.